The van der Waals surface area contributed by atoms with Crippen molar-refractivity contribution in [3.63, 3.8) is 0 Å². The monoisotopic (exact) mass is 291 g/mol. The summed E-state index contributed by atoms with van der Waals surface area (Å²) in [7, 11) is -3.62. The number of anilines is 1. The van der Waals surface area contributed by atoms with Crippen LogP contribution in [0.3, 0.4) is 0 Å². The molecule has 3 rings (SSSR count). The van der Waals surface area contributed by atoms with Gasteiger partial charge >= 0.3 is 0 Å². The molecular weight excluding hydrogens is 278 g/mol. The van der Waals surface area contributed by atoms with E-state index in [9.17, 15) is 8.42 Å². The number of allylic oxidation sites excluding steroid dienone is 1. The molecule has 0 amide bonds. The van der Waals surface area contributed by atoms with E-state index in [1.807, 2.05) is 24.3 Å². The lowest BCUT2D eigenvalue weighted by Gasteiger charge is -2.16. The van der Waals surface area contributed by atoms with Crippen LogP contribution >= 0.6 is 0 Å². The Morgan fingerprint density at radius 3 is 2.75 bits per heavy atom. The predicted molar refractivity (Wildman–Crippen MR) is 74.3 cm³/mol. The number of aromatic nitrogens is 2. The van der Waals surface area contributed by atoms with Gasteiger partial charge in [0.2, 0.25) is 5.82 Å². The van der Waals surface area contributed by atoms with Crippen molar-refractivity contribution >= 4 is 21.9 Å². The minimum absolute atomic E-state index is 0.129. The standard InChI is InChI=1S/C13H13N3O3S/c1-9-13(15-19-14-9)16-20(17,18)12-7-6-10-4-2-3-5-11(10)8-12/h2-5,8H,6-7H2,1H3,(H,15,16). The van der Waals surface area contributed by atoms with E-state index in [0.717, 1.165) is 11.1 Å². The maximum absolute atomic E-state index is 12.3. The summed E-state index contributed by atoms with van der Waals surface area (Å²) >= 11 is 0. The molecule has 1 aliphatic carbocycles. The van der Waals surface area contributed by atoms with Gasteiger partial charge < -0.3 is 0 Å². The molecule has 1 heterocycles. The Labute approximate surface area is 116 Å². The summed E-state index contributed by atoms with van der Waals surface area (Å²) in [6, 6.07) is 7.76. The molecule has 0 saturated carbocycles. The van der Waals surface area contributed by atoms with Crippen LogP contribution in [0.5, 0.6) is 0 Å². The Morgan fingerprint density at radius 1 is 1.20 bits per heavy atom. The summed E-state index contributed by atoms with van der Waals surface area (Å²) in [4.78, 5) is 0.346. The zero-order chi connectivity index (χ0) is 14.2. The third kappa shape index (κ3) is 2.32. The summed E-state index contributed by atoms with van der Waals surface area (Å²) in [5, 5.41) is 7.09. The SMILES string of the molecule is Cc1nonc1NS(=O)(=O)C1=Cc2ccccc2CC1. The highest BCUT2D eigenvalue weighted by Crippen LogP contribution is 2.28. The van der Waals surface area contributed by atoms with Crippen molar-refractivity contribution in [3.8, 4) is 0 Å². The van der Waals surface area contributed by atoms with Gasteiger partial charge in [0, 0.05) is 0 Å². The number of fused-ring (bicyclic) bond motifs is 1. The third-order valence-electron chi connectivity index (χ3n) is 3.24. The first-order chi connectivity index (χ1) is 9.56. The number of sulfonamides is 1. The minimum Gasteiger partial charge on any atom is -0.259 e. The van der Waals surface area contributed by atoms with E-state index in [-0.39, 0.29) is 5.82 Å². The molecule has 1 aromatic heterocycles. The molecule has 1 N–H and O–H groups in total. The molecule has 0 saturated heterocycles. The minimum atomic E-state index is -3.62. The Bertz CT molecular complexity index is 778. The fourth-order valence-corrected chi connectivity index (χ4v) is 3.36. The Hall–Kier alpha value is -2.15. The van der Waals surface area contributed by atoms with Crippen molar-refractivity contribution in [2.75, 3.05) is 4.72 Å². The van der Waals surface area contributed by atoms with Gasteiger partial charge in [-0.3, -0.25) is 4.72 Å². The number of aryl methyl sites for hydroxylation is 2. The quantitative estimate of drug-likeness (QED) is 0.936. The second-order valence-electron chi connectivity index (χ2n) is 4.61. The zero-order valence-corrected chi connectivity index (χ0v) is 11.6. The van der Waals surface area contributed by atoms with Crippen LogP contribution < -0.4 is 4.72 Å². The average Bonchev–Trinajstić information content (AvgIpc) is 2.83. The van der Waals surface area contributed by atoms with Gasteiger partial charge in [-0.25, -0.2) is 13.0 Å². The number of rotatable bonds is 3. The Balaban J connectivity index is 1.93. The molecule has 6 nitrogen and oxygen atoms in total. The highest BCUT2D eigenvalue weighted by atomic mass is 32.2. The van der Waals surface area contributed by atoms with Gasteiger partial charge in [-0.05, 0) is 42.1 Å². The lowest BCUT2D eigenvalue weighted by Crippen LogP contribution is -2.18. The van der Waals surface area contributed by atoms with E-state index in [1.165, 1.54) is 0 Å². The van der Waals surface area contributed by atoms with E-state index in [1.54, 1.807) is 13.0 Å². The number of nitrogens with zero attached hydrogens (tertiary/aromatic N) is 2. The summed E-state index contributed by atoms with van der Waals surface area (Å²) in [5.41, 5.74) is 2.50. The van der Waals surface area contributed by atoms with Crippen molar-refractivity contribution in [2.45, 2.75) is 19.8 Å². The van der Waals surface area contributed by atoms with Crippen LogP contribution in [0.4, 0.5) is 5.82 Å². The molecule has 0 unspecified atom stereocenters. The smallest absolute Gasteiger partial charge is 0.259 e. The average molecular weight is 291 g/mol. The van der Waals surface area contributed by atoms with E-state index >= 15 is 0 Å². The van der Waals surface area contributed by atoms with Gasteiger partial charge in [-0.2, -0.15) is 0 Å². The van der Waals surface area contributed by atoms with Crippen molar-refractivity contribution in [1.82, 2.24) is 10.3 Å². The molecule has 0 aliphatic heterocycles. The number of hydrogen-bond acceptors (Lipinski definition) is 5. The van der Waals surface area contributed by atoms with Crippen LogP contribution in [0.25, 0.3) is 6.08 Å². The Morgan fingerprint density at radius 2 is 2.00 bits per heavy atom. The molecule has 104 valence electrons. The largest absolute Gasteiger partial charge is 0.259 e. The fraction of sp³-hybridized carbons (Fsp3) is 0.231. The second-order valence-corrected chi connectivity index (χ2v) is 6.35. The highest BCUT2D eigenvalue weighted by molar-refractivity contribution is 7.96. The molecule has 2 aromatic rings. The van der Waals surface area contributed by atoms with Gasteiger partial charge in [-0.15, -0.1) is 0 Å². The van der Waals surface area contributed by atoms with Crippen LogP contribution in [0.1, 0.15) is 23.2 Å². The van der Waals surface area contributed by atoms with E-state index in [0.29, 0.717) is 23.4 Å². The molecule has 0 fully saturated rings. The summed E-state index contributed by atoms with van der Waals surface area (Å²) in [6.45, 7) is 1.62. The van der Waals surface area contributed by atoms with Crippen LogP contribution in [0, 0.1) is 6.92 Å². The van der Waals surface area contributed by atoms with E-state index in [2.05, 4.69) is 19.7 Å². The first-order valence-electron chi connectivity index (χ1n) is 6.17. The van der Waals surface area contributed by atoms with E-state index in [4.69, 9.17) is 0 Å². The van der Waals surface area contributed by atoms with Crippen LogP contribution in [-0.4, -0.2) is 18.7 Å². The maximum atomic E-state index is 12.3. The van der Waals surface area contributed by atoms with Crippen LogP contribution in [-0.2, 0) is 16.4 Å². The molecule has 1 aromatic carbocycles. The maximum Gasteiger partial charge on any atom is 0.259 e. The molecule has 7 heteroatoms. The van der Waals surface area contributed by atoms with Crippen molar-refractivity contribution < 1.29 is 13.0 Å². The van der Waals surface area contributed by atoms with Crippen molar-refractivity contribution in [2.24, 2.45) is 0 Å². The fourth-order valence-electron chi connectivity index (χ4n) is 2.14. The first-order valence-corrected chi connectivity index (χ1v) is 7.65. The van der Waals surface area contributed by atoms with Crippen molar-refractivity contribution in [1.29, 1.82) is 0 Å². The number of benzene rings is 1. The molecule has 0 bridgehead atoms. The summed E-state index contributed by atoms with van der Waals surface area (Å²) in [5.74, 6) is 0.129. The predicted octanol–water partition coefficient (Wildman–Crippen LogP) is 2.11. The summed E-state index contributed by atoms with van der Waals surface area (Å²) in [6.07, 6.45) is 2.87. The highest BCUT2D eigenvalue weighted by Gasteiger charge is 2.23. The van der Waals surface area contributed by atoms with Gasteiger partial charge in [-0.1, -0.05) is 29.4 Å². The topological polar surface area (TPSA) is 85.1 Å². The van der Waals surface area contributed by atoms with Gasteiger partial charge in [0.25, 0.3) is 10.0 Å². The Kier molecular flexibility index (Phi) is 3.06. The van der Waals surface area contributed by atoms with Gasteiger partial charge in [0.05, 0.1) is 4.91 Å². The lowest BCUT2D eigenvalue weighted by molar-refractivity contribution is 0.306. The number of hydrogen-bond donors (Lipinski definition) is 1. The first kappa shape index (κ1) is 12.9. The number of nitrogens with one attached hydrogen (secondary N) is 1. The molecule has 20 heavy (non-hydrogen) atoms. The molecule has 0 atom stereocenters. The molecular formula is C13H13N3O3S. The molecule has 1 aliphatic rings. The lowest BCUT2D eigenvalue weighted by atomic mass is 9.98. The normalized spacial score (nSPS) is 14.6. The summed E-state index contributed by atoms with van der Waals surface area (Å²) < 4.78 is 31.5. The van der Waals surface area contributed by atoms with Gasteiger partial charge in [0.1, 0.15) is 5.69 Å². The third-order valence-corrected chi connectivity index (χ3v) is 4.72. The van der Waals surface area contributed by atoms with Crippen molar-refractivity contribution in [3.05, 3.63) is 46.0 Å². The van der Waals surface area contributed by atoms with E-state index < -0.39 is 10.0 Å². The molecule has 0 radical (unpaired) electrons. The van der Waals surface area contributed by atoms with Crippen LogP contribution in [0.15, 0.2) is 33.8 Å². The second kappa shape index (κ2) is 4.75. The zero-order valence-electron chi connectivity index (χ0n) is 10.8. The molecule has 0 spiro atoms. The van der Waals surface area contributed by atoms with Gasteiger partial charge in [0.15, 0.2) is 0 Å². The van der Waals surface area contributed by atoms with Crippen LogP contribution in [0.2, 0.25) is 0 Å².